The van der Waals surface area contributed by atoms with Crippen molar-refractivity contribution in [2.24, 2.45) is 0 Å². The van der Waals surface area contributed by atoms with E-state index in [0.717, 1.165) is 24.1 Å². The lowest BCUT2D eigenvalue weighted by Crippen LogP contribution is -2.34. The molecule has 0 saturated carbocycles. The first-order valence-corrected chi connectivity index (χ1v) is 6.59. The van der Waals surface area contributed by atoms with Gasteiger partial charge in [-0.15, -0.1) is 0 Å². The molecule has 17 heavy (non-hydrogen) atoms. The summed E-state index contributed by atoms with van der Waals surface area (Å²) < 4.78 is 0. The Labute approximate surface area is 103 Å². The highest BCUT2D eigenvalue weighted by Crippen LogP contribution is 2.15. The number of Topliss-reactive ketones (excluding diaryl/α,β-unsaturated/α-hetero) is 1. The zero-order chi connectivity index (χ0) is 12.1. The molecule has 1 fully saturated rings. The van der Waals surface area contributed by atoms with Crippen molar-refractivity contribution in [1.82, 2.24) is 5.32 Å². The third-order valence-electron chi connectivity index (χ3n) is 3.58. The van der Waals surface area contributed by atoms with Crippen LogP contribution < -0.4 is 5.32 Å². The minimum Gasteiger partial charge on any atom is -0.314 e. The maximum atomic E-state index is 12.1. The van der Waals surface area contributed by atoms with Crippen LogP contribution in [0.15, 0.2) is 24.3 Å². The van der Waals surface area contributed by atoms with Gasteiger partial charge in [-0.25, -0.2) is 0 Å². The number of nitrogens with one attached hydrogen (secondary N) is 1. The van der Waals surface area contributed by atoms with Crippen LogP contribution >= 0.6 is 0 Å². The molecule has 92 valence electrons. The number of aryl methyl sites for hydroxylation is 1. The van der Waals surface area contributed by atoms with E-state index in [1.807, 2.05) is 31.2 Å². The number of rotatable bonds is 4. The Morgan fingerprint density at radius 3 is 2.88 bits per heavy atom. The van der Waals surface area contributed by atoms with Crippen molar-refractivity contribution >= 4 is 5.78 Å². The largest absolute Gasteiger partial charge is 0.314 e. The normalized spacial score (nSPS) is 20.2. The van der Waals surface area contributed by atoms with Gasteiger partial charge < -0.3 is 5.32 Å². The van der Waals surface area contributed by atoms with Crippen molar-refractivity contribution in [2.45, 2.75) is 45.1 Å². The van der Waals surface area contributed by atoms with Gasteiger partial charge in [0.15, 0.2) is 5.78 Å². The first kappa shape index (κ1) is 12.3. The Morgan fingerprint density at radius 2 is 2.18 bits per heavy atom. The van der Waals surface area contributed by atoms with E-state index >= 15 is 0 Å². The quantitative estimate of drug-likeness (QED) is 0.807. The number of piperidine rings is 1. The average Bonchev–Trinajstić information content (AvgIpc) is 2.38. The van der Waals surface area contributed by atoms with Crippen molar-refractivity contribution in [3.05, 3.63) is 35.4 Å². The molecule has 2 heteroatoms. The number of ketones is 1. The summed E-state index contributed by atoms with van der Waals surface area (Å²) in [6.45, 7) is 3.12. The van der Waals surface area contributed by atoms with E-state index in [1.165, 1.54) is 19.3 Å². The summed E-state index contributed by atoms with van der Waals surface area (Å²) in [4.78, 5) is 12.1. The fourth-order valence-corrected chi connectivity index (χ4v) is 2.50. The van der Waals surface area contributed by atoms with E-state index in [0.29, 0.717) is 12.5 Å². The summed E-state index contributed by atoms with van der Waals surface area (Å²) in [5, 5.41) is 3.49. The molecule has 1 atom stereocenters. The molecule has 0 radical (unpaired) electrons. The van der Waals surface area contributed by atoms with Crippen LogP contribution in [0.25, 0.3) is 0 Å². The Hall–Kier alpha value is -1.15. The molecule has 0 aromatic heterocycles. The predicted molar refractivity (Wildman–Crippen MR) is 70.4 cm³/mol. The van der Waals surface area contributed by atoms with E-state index in [2.05, 4.69) is 5.32 Å². The lowest BCUT2D eigenvalue weighted by molar-refractivity contribution is 0.0973. The van der Waals surface area contributed by atoms with E-state index in [4.69, 9.17) is 0 Å². The molecule has 0 amide bonds. The standard InChI is InChI=1S/C15H21NO/c1-12-6-2-3-8-14(12)15(17)10-9-13-7-4-5-11-16-13/h2-3,6,8,13,16H,4-5,7,9-11H2,1H3. The zero-order valence-electron chi connectivity index (χ0n) is 10.5. The highest BCUT2D eigenvalue weighted by Gasteiger charge is 2.15. The molecule has 2 nitrogen and oxygen atoms in total. The van der Waals surface area contributed by atoms with Gasteiger partial charge in [0.1, 0.15) is 0 Å². The summed E-state index contributed by atoms with van der Waals surface area (Å²) in [7, 11) is 0. The second-order valence-corrected chi connectivity index (χ2v) is 4.92. The molecule has 1 N–H and O–H groups in total. The van der Waals surface area contributed by atoms with Crippen LogP contribution in [0.4, 0.5) is 0 Å². The molecule has 0 spiro atoms. The van der Waals surface area contributed by atoms with Crippen LogP contribution in [0.5, 0.6) is 0 Å². The number of hydrogen-bond donors (Lipinski definition) is 1. The summed E-state index contributed by atoms with van der Waals surface area (Å²) in [5.41, 5.74) is 1.98. The van der Waals surface area contributed by atoms with Crippen LogP contribution in [-0.2, 0) is 0 Å². The third-order valence-corrected chi connectivity index (χ3v) is 3.58. The smallest absolute Gasteiger partial charge is 0.163 e. The lowest BCUT2D eigenvalue weighted by Gasteiger charge is -2.23. The van der Waals surface area contributed by atoms with Gasteiger partial charge >= 0.3 is 0 Å². The first-order chi connectivity index (χ1) is 8.27. The maximum Gasteiger partial charge on any atom is 0.163 e. The van der Waals surface area contributed by atoms with Gasteiger partial charge in [0.05, 0.1) is 0 Å². The van der Waals surface area contributed by atoms with Crippen LogP contribution in [0.3, 0.4) is 0 Å². The molecule has 0 aliphatic carbocycles. The monoisotopic (exact) mass is 231 g/mol. The van der Waals surface area contributed by atoms with Crippen molar-refractivity contribution in [3.8, 4) is 0 Å². The SMILES string of the molecule is Cc1ccccc1C(=O)CCC1CCCCN1. The predicted octanol–water partition coefficient (Wildman–Crippen LogP) is 3.10. The number of carbonyl (C=O) groups excluding carboxylic acids is 1. The Balaban J connectivity index is 1.87. The summed E-state index contributed by atoms with van der Waals surface area (Å²) >= 11 is 0. The average molecular weight is 231 g/mol. The molecule has 0 bridgehead atoms. The molecule has 1 aliphatic rings. The third kappa shape index (κ3) is 3.40. The van der Waals surface area contributed by atoms with E-state index < -0.39 is 0 Å². The summed E-state index contributed by atoms with van der Waals surface area (Å²) in [5.74, 6) is 0.287. The van der Waals surface area contributed by atoms with E-state index in [9.17, 15) is 4.79 Å². The van der Waals surface area contributed by atoms with Crippen molar-refractivity contribution < 1.29 is 4.79 Å². The second kappa shape index (κ2) is 5.97. The fourth-order valence-electron chi connectivity index (χ4n) is 2.50. The van der Waals surface area contributed by atoms with Crippen molar-refractivity contribution in [1.29, 1.82) is 0 Å². The van der Waals surface area contributed by atoms with Crippen molar-refractivity contribution in [3.63, 3.8) is 0 Å². The van der Waals surface area contributed by atoms with Gasteiger partial charge in [-0.3, -0.25) is 4.79 Å². The van der Waals surface area contributed by atoms with Gasteiger partial charge in [-0.05, 0) is 38.3 Å². The second-order valence-electron chi connectivity index (χ2n) is 4.92. The van der Waals surface area contributed by atoms with Gasteiger partial charge in [-0.1, -0.05) is 30.7 Å². The maximum absolute atomic E-state index is 12.1. The van der Waals surface area contributed by atoms with Crippen LogP contribution in [0.2, 0.25) is 0 Å². The Kier molecular flexibility index (Phi) is 4.32. The number of carbonyl (C=O) groups is 1. The first-order valence-electron chi connectivity index (χ1n) is 6.59. The highest BCUT2D eigenvalue weighted by atomic mass is 16.1. The summed E-state index contributed by atoms with van der Waals surface area (Å²) in [6, 6.07) is 8.42. The van der Waals surface area contributed by atoms with Crippen LogP contribution in [-0.4, -0.2) is 18.4 Å². The fraction of sp³-hybridized carbons (Fsp3) is 0.533. The van der Waals surface area contributed by atoms with Crippen molar-refractivity contribution in [2.75, 3.05) is 6.54 Å². The Morgan fingerprint density at radius 1 is 1.35 bits per heavy atom. The molecular weight excluding hydrogens is 210 g/mol. The van der Waals surface area contributed by atoms with Gasteiger partial charge in [-0.2, -0.15) is 0 Å². The Bertz CT molecular complexity index is 380. The summed E-state index contributed by atoms with van der Waals surface area (Å²) in [6.07, 6.45) is 5.45. The molecule has 1 saturated heterocycles. The van der Waals surface area contributed by atoms with E-state index in [-0.39, 0.29) is 5.78 Å². The minimum absolute atomic E-state index is 0.287. The molecule has 1 unspecified atom stereocenters. The molecule has 2 rings (SSSR count). The lowest BCUT2D eigenvalue weighted by atomic mass is 9.96. The van der Waals surface area contributed by atoms with Gasteiger partial charge in [0, 0.05) is 18.0 Å². The van der Waals surface area contributed by atoms with Crippen LogP contribution in [0, 0.1) is 6.92 Å². The number of benzene rings is 1. The van der Waals surface area contributed by atoms with Crippen LogP contribution in [0.1, 0.15) is 48.0 Å². The minimum atomic E-state index is 0.287. The number of hydrogen-bond acceptors (Lipinski definition) is 2. The van der Waals surface area contributed by atoms with Gasteiger partial charge in [0.25, 0.3) is 0 Å². The highest BCUT2D eigenvalue weighted by molar-refractivity contribution is 5.97. The topological polar surface area (TPSA) is 29.1 Å². The zero-order valence-corrected chi connectivity index (χ0v) is 10.5. The van der Waals surface area contributed by atoms with Gasteiger partial charge in [0.2, 0.25) is 0 Å². The molecule has 1 aromatic rings. The molecule has 1 aromatic carbocycles. The molecular formula is C15H21NO. The molecule has 1 aliphatic heterocycles. The van der Waals surface area contributed by atoms with E-state index in [1.54, 1.807) is 0 Å². The molecule has 1 heterocycles.